The predicted molar refractivity (Wildman–Crippen MR) is 130 cm³/mol. The summed E-state index contributed by atoms with van der Waals surface area (Å²) in [5, 5.41) is 5.70. The quantitative estimate of drug-likeness (QED) is 0.513. The van der Waals surface area contributed by atoms with Crippen LogP contribution < -0.4 is 10.1 Å². The molecule has 0 radical (unpaired) electrons. The van der Waals surface area contributed by atoms with E-state index in [-0.39, 0.29) is 12.0 Å². The Bertz CT molecular complexity index is 1410. The van der Waals surface area contributed by atoms with Gasteiger partial charge in [0.25, 0.3) is 0 Å². The van der Waals surface area contributed by atoms with E-state index in [1.807, 2.05) is 35.6 Å². The molecule has 7 nitrogen and oxygen atoms in total. The fourth-order valence-electron chi connectivity index (χ4n) is 5.90. The maximum absolute atomic E-state index is 12.6. The number of nitrogens with zero attached hydrogens (tertiary/aromatic N) is 4. The van der Waals surface area contributed by atoms with Crippen molar-refractivity contribution in [2.24, 2.45) is 18.4 Å². The Balaban J connectivity index is 1.00. The van der Waals surface area contributed by atoms with Crippen molar-refractivity contribution in [2.75, 3.05) is 26.2 Å². The molecule has 7 rings (SSSR count). The van der Waals surface area contributed by atoms with Crippen LogP contribution in [0.3, 0.4) is 0 Å². The largest absolute Gasteiger partial charge is 0.471 e. The summed E-state index contributed by atoms with van der Waals surface area (Å²) in [6.07, 6.45) is 7.74. The monoisotopic (exact) mass is 453 g/mol. The molecule has 1 spiro atoms. The number of fused-ring (bicyclic) bond motifs is 3. The van der Waals surface area contributed by atoms with Crippen LogP contribution in [0.1, 0.15) is 12.8 Å². The maximum atomic E-state index is 12.6. The number of hydrogen-bond acceptors (Lipinski definition) is 5. The summed E-state index contributed by atoms with van der Waals surface area (Å²) < 4.78 is 8.23. The number of amides is 1. The van der Waals surface area contributed by atoms with Crippen molar-refractivity contribution in [3.05, 3.63) is 55.0 Å². The lowest BCUT2D eigenvalue weighted by atomic mass is 9.58. The summed E-state index contributed by atoms with van der Waals surface area (Å²) in [6.45, 7) is 3.49. The molecule has 1 amide bonds. The van der Waals surface area contributed by atoms with E-state index in [1.54, 1.807) is 0 Å². The van der Waals surface area contributed by atoms with Gasteiger partial charge in [0.15, 0.2) is 0 Å². The Morgan fingerprint density at radius 3 is 2.59 bits per heavy atom. The lowest BCUT2D eigenvalue weighted by Gasteiger charge is -2.55. The number of carbonyl (C=O) groups is 1. The summed E-state index contributed by atoms with van der Waals surface area (Å²) in [7, 11) is 2.09. The summed E-state index contributed by atoms with van der Waals surface area (Å²) in [6, 6.07) is 12.5. The van der Waals surface area contributed by atoms with E-state index in [4.69, 9.17) is 4.74 Å². The van der Waals surface area contributed by atoms with Gasteiger partial charge in [-0.25, -0.2) is 4.98 Å². The van der Waals surface area contributed by atoms with Gasteiger partial charge in [-0.15, -0.1) is 0 Å². The summed E-state index contributed by atoms with van der Waals surface area (Å²) >= 11 is 0. The minimum atomic E-state index is 0.0301. The number of ether oxygens (including phenoxy) is 1. The molecule has 3 aliphatic rings. The number of hydrogen-bond donors (Lipinski definition) is 1. The first-order chi connectivity index (χ1) is 16.6. The third kappa shape index (κ3) is 3.03. The topological polar surface area (TPSA) is 72.3 Å². The molecule has 5 heterocycles. The highest BCUT2D eigenvalue weighted by atomic mass is 16.5. The van der Waals surface area contributed by atoms with Crippen LogP contribution in [0.5, 0.6) is 5.88 Å². The SMILES string of the molecule is Cn1c2ccncc2c2ccc(-c3ccc(OC4CN(C(=O)C5CC6(CNC6)C5)C4)nc3)cc21. The molecule has 1 aromatic carbocycles. The van der Waals surface area contributed by atoms with E-state index in [2.05, 4.69) is 51.2 Å². The number of carbonyl (C=O) groups excluding carboxylic acids is 1. The van der Waals surface area contributed by atoms with E-state index in [0.29, 0.717) is 30.3 Å². The maximum Gasteiger partial charge on any atom is 0.225 e. The number of benzene rings is 1. The molecule has 1 aliphatic carbocycles. The minimum absolute atomic E-state index is 0.0301. The Morgan fingerprint density at radius 2 is 1.85 bits per heavy atom. The van der Waals surface area contributed by atoms with E-state index in [9.17, 15) is 4.79 Å². The Hall–Kier alpha value is -3.45. The third-order valence-electron chi connectivity index (χ3n) is 8.03. The van der Waals surface area contributed by atoms with Crippen molar-refractivity contribution < 1.29 is 9.53 Å². The molecule has 0 bridgehead atoms. The minimum Gasteiger partial charge on any atom is -0.471 e. The molecule has 7 heteroatoms. The molecule has 2 saturated heterocycles. The van der Waals surface area contributed by atoms with Gasteiger partial charge in [0, 0.05) is 72.6 Å². The highest BCUT2D eigenvalue weighted by Crippen LogP contribution is 2.49. The van der Waals surface area contributed by atoms with E-state index < -0.39 is 0 Å². The van der Waals surface area contributed by atoms with Crippen molar-refractivity contribution >= 4 is 27.7 Å². The zero-order valence-corrected chi connectivity index (χ0v) is 19.2. The van der Waals surface area contributed by atoms with Crippen LogP contribution in [-0.2, 0) is 11.8 Å². The average molecular weight is 454 g/mol. The number of aromatic nitrogens is 3. The zero-order valence-electron chi connectivity index (χ0n) is 19.2. The number of aryl methyl sites for hydroxylation is 1. The normalized spacial score (nSPS) is 19.7. The average Bonchev–Trinajstić information content (AvgIpc) is 3.06. The Labute approximate surface area is 197 Å². The van der Waals surface area contributed by atoms with Crippen molar-refractivity contribution in [1.29, 1.82) is 0 Å². The molecular weight excluding hydrogens is 426 g/mol. The first kappa shape index (κ1) is 20.0. The van der Waals surface area contributed by atoms with Crippen LogP contribution in [0.25, 0.3) is 32.9 Å². The fraction of sp³-hybridized carbons (Fsp3) is 0.370. The molecule has 34 heavy (non-hydrogen) atoms. The van der Waals surface area contributed by atoms with Crippen molar-refractivity contribution in [3.8, 4) is 17.0 Å². The second-order valence-corrected chi connectivity index (χ2v) is 10.3. The smallest absolute Gasteiger partial charge is 0.225 e. The van der Waals surface area contributed by atoms with Gasteiger partial charge in [0.05, 0.1) is 18.6 Å². The summed E-state index contributed by atoms with van der Waals surface area (Å²) in [5.41, 5.74) is 4.94. The first-order valence-electron chi connectivity index (χ1n) is 12.0. The standard InChI is InChI=1S/C27H27N5O2/c1-31-23-6-7-28-12-22(23)21-4-2-17(8-24(21)31)18-3-5-25(30-11-18)34-20-13-32(14-20)26(33)19-9-27(10-19)15-29-16-27/h2-8,11-12,19-20,29H,9-10,13-16H2,1H3. The molecular formula is C27H27N5O2. The van der Waals surface area contributed by atoms with Crippen LogP contribution in [0, 0.1) is 11.3 Å². The van der Waals surface area contributed by atoms with E-state index >= 15 is 0 Å². The Morgan fingerprint density at radius 1 is 1.03 bits per heavy atom. The highest BCUT2D eigenvalue weighted by molar-refractivity contribution is 6.08. The van der Waals surface area contributed by atoms with Crippen LogP contribution in [0.15, 0.2) is 55.0 Å². The molecule has 172 valence electrons. The number of pyridine rings is 2. The van der Waals surface area contributed by atoms with Crippen LogP contribution in [0.4, 0.5) is 0 Å². The lowest BCUT2D eigenvalue weighted by molar-refractivity contribution is -0.154. The van der Waals surface area contributed by atoms with E-state index in [0.717, 1.165) is 37.1 Å². The Kier molecular flexibility index (Phi) is 4.27. The number of nitrogens with one attached hydrogen (secondary N) is 1. The van der Waals surface area contributed by atoms with Crippen molar-refractivity contribution in [2.45, 2.75) is 18.9 Å². The second-order valence-electron chi connectivity index (χ2n) is 10.3. The molecule has 3 fully saturated rings. The van der Waals surface area contributed by atoms with Gasteiger partial charge in [0.2, 0.25) is 11.8 Å². The van der Waals surface area contributed by atoms with Gasteiger partial charge in [-0.1, -0.05) is 12.1 Å². The predicted octanol–water partition coefficient (Wildman–Crippen LogP) is 3.38. The van der Waals surface area contributed by atoms with Crippen LogP contribution >= 0.6 is 0 Å². The molecule has 0 unspecified atom stereocenters. The molecule has 0 atom stereocenters. The van der Waals surface area contributed by atoms with Gasteiger partial charge < -0.3 is 19.5 Å². The third-order valence-corrected chi connectivity index (χ3v) is 8.03. The fourth-order valence-corrected chi connectivity index (χ4v) is 5.90. The van der Waals surface area contributed by atoms with Gasteiger partial charge in [-0.3, -0.25) is 9.78 Å². The molecule has 2 aliphatic heterocycles. The van der Waals surface area contributed by atoms with Crippen LogP contribution in [0.2, 0.25) is 0 Å². The second kappa shape index (κ2) is 7.27. The van der Waals surface area contributed by atoms with Gasteiger partial charge >= 0.3 is 0 Å². The molecule has 3 aromatic heterocycles. The van der Waals surface area contributed by atoms with Gasteiger partial charge in [0.1, 0.15) is 6.10 Å². The number of rotatable bonds is 4. The van der Waals surface area contributed by atoms with Gasteiger partial charge in [-0.2, -0.15) is 0 Å². The van der Waals surface area contributed by atoms with E-state index in [1.165, 1.54) is 21.8 Å². The number of likely N-dealkylation sites (tertiary alicyclic amines) is 1. The summed E-state index contributed by atoms with van der Waals surface area (Å²) in [4.78, 5) is 23.4. The molecule has 1 N–H and O–H groups in total. The van der Waals surface area contributed by atoms with Gasteiger partial charge in [-0.05, 0) is 42.0 Å². The summed E-state index contributed by atoms with van der Waals surface area (Å²) in [5.74, 6) is 1.14. The lowest BCUT2D eigenvalue weighted by Crippen LogP contribution is -2.65. The van der Waals surface area contributed by atoms with Crippen LogP contribution in [-0.4, -0.2) is 57.6 Å². The molecule has 1 saturated carbocycles. The van der Waals surface area contributed by atoms with Crippen molar-refractivity contribution in [3.63, 3.8) is 0 Å². The van der Waals surface area contributed by atoms with Crippen molar-refractivity contribution in [1.82, 2.24) is 24.8 Å². The highest BCUT2D eigenvalue weighted by Gasteiger charge is 2.52. The first-order valence-corrected chi connectivity index (χ1v) is 12.0. The molecule has 4 aromatic rings. The zero-order chi connectivity index (χ0) is 22.9.